The molecule has 0 radical (unpaired) electrons. The van der Waals surface area contributed by atoms with E-state index in [4.69, 9.17) is 10.5 Å². The molecular weight excluding hydrogens is 246 g/mol. The molecule has 2 rings (SSSR count). The van der Waals surface area contributed by atoms with E-state index in [0.29, 0.717) is 18.6 Å². The number of nitrogens with two attached hydrogens (primary N) is 1. The van der Waals surface area contributed by atoms with Gasteiger partial charge in [-0.2, -0.15) is 0 Å². The highest BCUT2D eigenvalue weighted by Gasteiger charge is 2.24. The first-order chi connectivity index (χ1) is 9.74. The van der Waals surface area contributed by atoms with Crippen LogP contribution in [-0.2, 0) is 11.3 Å². The van der Waals surface area contributed by atoms with Gasteiger partial charge in [0.15, 0.2) is 0 Å². The molecule has 1 fully saturated rings. The highest BCUT2D eigenvalue weighted by atomic mass is 16.5. The second-order valence-corrected chi connectivity index (χ2v) is 6.18. The van der Waals surface area contributed by atoms with Crippen molar-refractivity contribution in [1.29, 1.82) is 0 Å². The Kier molecular flexibility index (Phi) is 6.06. The fourth-order valence-electron chi connectivity index (χ4n) is 3.14. The molecule has 1 aliphatic rings. The maximum Gasteiger partial charge on any atom is 0.0720 e. The Hall–Kier alpha value is -0.860. The lowest BCUT2D eigenvalue weighted by atomic mass is 9.85. The lowest BCUT2D eigenvalue weighted by Gasteiger charge is -2.30. The Morgan fingerprint density at radius 1 is 1.20 bits per heavy atom. The highest BCUT2D eigenvalue weighted by molar-refractivity contribution is 5.24. The van der Waals surface area contributed by atoms with Crippen LogP contribution in [0.1, 0.15) is 63.0 Å². The van der Waals surface area contributed by atoms with E-state index in [-0.39, 0.29) is 0 Å². The minimum atomic E-state index is 0.438. The number of benzene rings is 1. The summed E-state index contributed by atoms with van der Waals surface area (Å²) in [7, 11) is 0. The van der Waals surface area contributed by atoms with Crippen LogP contribution in [0.4, 0.5) is 0 Å². The zero-order valence-corrected chi connectivity index (χ0v) is 13.0. The molecule has 0 amide bonds. The van der Waals surface area contributed by atoms with Crippen LogP contribution in [0, 0.1) is 5.92 Å². The Labute approximate surface area is 123 Å². The lowest BCUT2D eigenvalue weighted by molar-refractivity contribution is -0.0221. The molecule has 112 valence electrons. The van der Waals surface area contributed by atoms with Crippen molar-refractivity contribution in [3.63, 3.8) is 0 Å². The van der Waals surface area contributed by atoms with Crippen LogP contribution in [0.25, 0.3) is 0 Å². The van der Waals surface area contributed by atoms with Gasteiger partial charge in [-0.25, -0.2) is 0 Å². The lowest BCUT2D eigenvalue weighted by Crippen LogP contribution is -2.27. The summed E-state index contributed by atoms with van der Waals surface area (Å²) < 4.78 is 6.17. The van der Waals surface area contributed by atoms with E-state index in [1.165, 1.54) is 43.2 Å². The third-order valence-electron chi connectivity index (χ3n) is 4.73. The molecule has 3 unspecified atom stereocenters. The van der Waals surface area contributed by atoms with Gasteiger partial charge in [-0.3, -0.25) is 0 Å². The molecule has 0 spiro atoms. The molecular formula is C18H29NO. The predicted molar refractivity (Wildman–Crippen MR) is 84.7 cm³/mol. The standard InChI is InChI=1S/C18H29NO/c1-3-16-6-4-5-7-18(16)20-13-15-8-10-17(11-9-15)14(2)12-19/h8-11,14,16,18H,3-7,12-13,19H2,1-2H3. The topological polar surface area (TPSA) is 35.2 Å². The molecule has 1 aromatic carbocycles. The smallest absolute Gasteiger partial charge is 0.0720 e. The van der Waals surface area contributed by atoms with Crippen molar-refractivity contribution in [2.45, 2.75) is 64.6 Å². The summed E-state index contributed by atoms with van der Waals surface area (Å²) in [6, 6.07) is 8.75. The molecule has 3 atom stereocenters. The first-order valence-corrected chi connectivity index (χ1v) is 8.15. The fourth-order valence-corrected chi connectivity index (χ4v) is 3.14. The van der Waals surface area contributed by atoms with Crippen LogP contribution in [0.15, 0.2) is 24.3 Å². The first-order valence-electron chi connectivity index (χ1n) is 8.15. The normalized spacial score (nSPS) is 24.6. The number of hydrogen-bond donors (Lipinski definition) is 1. The SMILES string of the molecule is CCC1CCCCC1OCc1ccc(C(C)CN)cc1. The van der Waals surface area contributed by atoms with Crippen molar-refractivity contribution in [2.75, 3.05) is 6.54 Å². The largest absolute Gasteiger partial charge is 0.373 e. The van der Waals surface area contributed by atoms with Gasteiger partial charge in [-0.15, -0.1) is 0 Å². The summed E-state index contributed by atoms with van der Waals surface area (Å²) in [6.45, 7) is 5.91. The summed E-state index contributed by atoms with van der Waals surface area (Å²) in [5.74, 6) is 1.20. The monoisotopic (exact) mass is 275 g/mol. The molecule has 2 nitrogen and oxygen atoms in total. The molecule has 0 aliphatic heterocycles. The average Bonchev–Trinajstić information content (AvgIpc) is 2.53. The van der Waals surface area contributed by atoms with Gasteiger partial charge in [-0.05, 0) is 42.3 Å². The van der Waals surface area contributed by atoms with E-state index in [1.54, 1.807) is 0 Å². The van der Waals surface area contributed by atoms with Gasteiger partial charge in [0.05, 0.1) is 12.7 Å². The molecule has 20 heavy (non-hydrogen) atoms. The van der Waals surface area contributed by atoms with E-state index >= 15 is 0 Å². The molecule has 2 N–H and O–H groups in total. The summed E-state index contributed by atoms with van der Waals surface area (Å²) in [4.78, 5) is 0. The van der Waals surface area contributed by atoms with Gasteiger partial charge in [-0.1, -0.05) is 57.4 Å². The summed E-state index contributed by atoms with van der Waals surface area (Å²) in [6.07, 6.45) is 7.00. The third-order valence-corrected chi connectivity index (χ3v) is 4.73. The van der Waals surface area contributed by atoms with Crippen molar-refractivity contribution in [1.82, 2.24) is 0 Å². The molecule has 1 aromatic rings. The number of rotatable bonds is 6. The summed E-state index contributed by atoms with van der Waals surface area (Å²) in [5, 5.41) is 0. The molecule has 0 aromatic heterocycles. The quantitative estimate of drug-likeness (QED) is 0.843. The summed E-state index contributed by atoms with van der Waals surface area (Å²) >= 11 is 0. The van der Waals surface area contributed by atoms with E-state index in [1.807, 2.05) is 0 Å². The van der Waals surface area contributed by atoms with Crippen molar-refractivity contribution in [3.8, 4) is 0 Å². The molecule has 1 saturated carbocycles. The Bertz CT molecular complexity index is 387. The third kappa shape index (κ3) is 4.07. The van der Waals surface area contributed by atoms with E-state index < -0.39 is 0 Å². The number of ether oxygens (including phenoxy) is 1. The fraction of sp³-hybridized carbons (Fsp3) is 0.667. The van der Waals surface area contributed by atoms with E-state index in [9.17, 15) is 0 Å². The molecule has 0 heterocycles. The Morgan fingerprint density at radius 2 is 1.90 bits per heavy atom. The Morgan fingerprint density at radius 3 is 2.55 bits per heavy atom. The average molecular weight is 275 g/mol. The minimum absolute atomic E-state index is 0.438. The van der Waals surface area contributed by atoms with Crippen molar-refractivity contribution in [2.24, 2.45) is 11.7 Å². The Balaban J connectivity index is 1.87. The maximum atomic E-state index is 6.17. The van der Waals surface area contributed by atoms with Gasteiger partial charge in [0.2, 0.25) is 0 Å². The molecule has 2 heteroatoms. The van der Waals surface area contributed by atoms with Gasteiger partial charge < -0.3 is 10.5 Å². The second kappa shape index (κ2) is 7.80. The molecule has 0 bridgehead atoms. The van der Waals surface area contributed by atoms with Gasteiger partial charge in [0.1, 0.15) is 0 Å². The van der Waals surface area contributed by atoms with Crippen molar-refractivity contribution in [3.05, 3.63) is 35.4 Å². The van der Waals surface area contributed by atoms with Crippen LogP contribution >= 0.6 is 0 Å². The first kappa shape index (κ1) is 15.5. The molecule has 1 aliphatic carbocycles. The zero-order chi connectivity index (χ0) is 14.4. The van der Waals surface area contributed by atoms with E-state index in [2.05, 4.69) is 38.1 Å². The van der Waals surface area contributed by atoms with Gasteiger partial charge in [0, 0.05) is 0 Å². The molecule has 0 saturated heterocycles. The van der Waals surface area contributed by atoms with Gasteiger partial charge in [0.25, 0.3) is 0 Å². The van der Waals surface area contributed by atoms with Crippen LogP contribution in [0.3, 0.4) is 0 Å². The highest BCUT2D eigenvalue weighted by Crippen LogP contribution is 2.29. The van der Waals surface area contributed by atoms with Crippen LogP contribution < -0.4 is 5.73 Å². The van der Waals surface area contributed by atoms with Crippen LogP contribution in [0.2, 0.25) is 0 Å². The maximum absolute atomic E-state index is 6.17. The second-order valence-electron chi connectivity index (χ2n) is 6.18. The van der Waals surface area contributed by atoms with Crippen LogP contribution in [0.5, 0.6) is 0 Å². The zero-order valence-electron chi connectivity index (χ0n) is 13.0. The predicted octanol–water partition coefficient (Wildman–Crippen LogP) is 4.23. The summed E-state index contributed by atoms with van der Waals surface area (Å²) in [5.41, 5.74) is 8.30. The van der Waals surface area contributed by atoms with Gasteiger partial charge >= 0.3 is 0 Å². The van der Waals surface area contributed by atoms with Crippen molar-refractivity contribution >= 4 is 0 Å². The number of hydrogen-bond acceptors (Lipinski definition) is 2. The van der Waals surface area contributed by atoms with E-state index in [0.717, 1.165) is 12.5 Å². The van der Waals surface area contributed by atoms with Crippen LogP contribution in [-0.4, -0.2) is 12.6 Å². The minimum Gasteiger partial charge on any atom is -0.373 e. The van der Waals surface area contributed by atoms with Crippen molar-refractivity contribution < 1.29 is 4.74 Å².